The molecule has 0 aromatic carbocycles. The minimum absolute atomic E-state index is 0.433. The summed E-state index contributed by atoms with van der Waals surface area (Å²) >= 11 is 6.05. The summed E-state index contributed by atoms with van der Waals surface area (Å²) in [6, 6.07) is 0.466. The Bertz CT molecular complexity index is 146. The third-order valence-electron chi connectivity index (χ3n) is 2.95. The van der Waals surface area contributed by atoms with Gasteiger partial charge in [0.05, 0.1) is 6.61 Å². The zero-order valence-corrected chi connectivity index (χ0v) is 10.0. The van der Waals surface area contributed by atoms with Gasteiger partial charge in [-0.15, -0.1) is 11.6 Å². The normalized spacial score (nSPS) is 30.2. The Balaban J connectivity index is 2.06. The fraction of sp³-hybridized carbons (Fsp3) is 1.00. The third-order valence-corrected chi connectivity index (χ3v) is 3.38. The quantitative estimate of drug-likeness (QED) is 0.718. The lowest BCUT2D eigenvalue weighted by Gasteiger charge is -2.26. The van der Waals surface area contributed by atoms with Crippen molar-refractivity contribution in [1.29, 1.82) is 0 Å². The van der Waals surface area contributed by atoms with E-state index in [4.69, 9.17) is 16.3 Å². The fourth-order valence-electron chi connectivity index (χ4n) is 2.00. The van der Waals surface area contributed by atoms with Crippen molar-refractivity contribution in [3.63, 3.8) is 0 Å². The van der Waals surface area contributed by atoms with Crippen molar-refractivity contribution in [3.05, 3.63) is 0 Å². The molecule has 0 saturated heterocycles. The maximum absolute atomic E-state index is 6.05. The Labute approximate surface area is 92.3 Å². The van der Waals surface area contributed by atoms with Gasteiger partial charge in [-0.25, -0.2) is 0 Å². The molecule has 1 N–H and O–H groups in total. The highest BCUT2D eigenvalue weighted by Crippen LogP contribution is 2.26. The molecule has 1 saturated carbocycles. The molecule has 1 unspecified atom stereocenters. The molecule has 1 rings (SSSR count). The number of halogens is 1. The van der Waals surface area contributed by atoms with E-state index < -0.39 is 0 Å². The molecule has 0 aromatic rings. The molecule has 1 aliphatic rings. The molecule has 0 heterocycles. The summed E-state index contributed by atoms with van der Waals surface area (Å²) in [5, 5.41) is 3.93. The Morgan fingerprint density at radius 2 is 2.00 bits per heavy atom. The van der Waals surface area contributed by atoms with Crippen molar-refractivity contribution in [2.75, 3.05) is 20.3 Å². The molecule has 0 bridgehead atoms. The molecule has 0 radical (unpaired) electrons. The van der Waals surface area contributed by atoms with Crippen LogP contribution in [0.2, 0.25) is 0 Å². The van der Waals surface area contributed by atoms with E-state index in [2.05, 4.69) is 12.2 Å². The zero-order chi connectivity index (χ0) is 10.4. The minimum atomic E-state index is 0.433. The van der Waals surface area contributed by atoms with Crippen LogP contribution in [0, 0.1) is 5.92 Å². The number of rotatable bonds is 5. The van der Waals surface area contributed by atoms with Crippen LogP contribution in [0.15, 0.2) is 0 Å². The van der Waals surface area contributed by atoms with Crippen LogP contribution in [-0.2, 0) is 4.74 Å². The summed E-state index contributed by atoms with van der Waals surface area (Å²) in [5.74, 6) is 0.823. The number of ether oxygens (including phenoxy) is 1. The van der Waals surface area contributed by atoms with E-state index in [0.717, 1.165) is 19.1 Å². The van der Waals surface area contributed by atoms with Gasteiger partial charge < -0.3 is 10.1 Å². The molecule has 14 heavy (non-hydrogen) atoms. The Kier molecular flexibility index (Phi) is 5.83. The Morgan fingerprint density at radius 3 is 2.57 bits per heavy atom. The molecular weight excluding hydrogens is 198 g/mol. The average molecular weight is 220 g/mol. The lowest BCUT2D eigenvalue weighted by atomic mass is 9.89. The van der Waals surface area contributed by atoms with E-state index in [1.54, 1.807) is 7.11 Å². The summed E-state index contributed by atoms with van der Waals surface area (Å²) in [6.07, 6.45) is 4.93. The zero-order valence-electron chi connectivity index (χ0n) is 9.26. The van der Waals surface area contributed by atoms with E-state index in [1.807, 2.05) is 0 Å². The summed E-state index contributed by atoms with van der Waals surface area (Å²) in [6.45, 7) is 4.08. The van der Waals surface area contributed by atoms with Crippen LogP contribution in [-0.4, -0.2) is 31.7 Å². The molecule has 1 aliphatic carbocycles. The van der Waals surface area contributed by atoms with Crippen LogP contribution in [0.5, 0.6) is 0 Å². The van der Waals surface area contributed by atoms with E-state index in [9.17, 15) is 0 Å². The molecule has 0 aromatic heterocycles. The SMILES string of the molecule is COCC(C)NCC1CCC(Cl)CC1. The third kappa shape index (κ3) is 4.63. The van der Waals surface area contributed by atoms with Gasteiger partial charge in [0.15, 0.2) is 0 Å². The number of hydrogen-bond acceptors (Lipinski definition) is 2. The molecule has 1 atom stereocenters. The second-order valence-corrected chi connectivity index (χ2v) is 5.00. The van der Waals surface area contributed by atoms with E-state index >= 15 is 0 Å². The fourth-order valence-corrected chi connectivity index (χ4v) is 2.25. The van der Waals surface area contributed by atoms with Crippen molar-refractivity contribution in [2.45, 2.75) is 44.0 Å². The summed E-state index contributed by atoms with van der Waals surface area (Å²) in [4.78, 5) is 0. The topological polar surface area (TPSA) is 21.3 Å². The first kappa shape index (κ1) is 12.3. The van der Waals surface area contributed by atoms with Gasteiger partial charge in [0.2, 0.25) is 0 Å². The number of nitrogens with one attached hydrogen (secondary N) is 1. The van der Waals surface area contributed by atoms with E-state index in [0.29, 0.717) is 11.4 Å². The molecule has 2 nitrogen and oxygen atoms in total. The van der Waals surface area contributed by atoms with Gasteiger partial charge >= 0.3 is 0 Å². The lowest BCUT2D eigenvalue weighted by Crippen LogP contribution is -2.35. The molecule has 84 valence electrons. The summed E-state index contributed by atoms with van der Waals surface area (Å²) in [5.41, 5.74) is 0. The van der Waals surface area contributed by atoms with Crippen molar-refractivity contribution in [2.24, 2.45) is 5.92 Å². The maximum Gasteiger partial charge on any atom is 0.0613 e. The highest BCUT2D eigenvalue weighted by atomic mass is 35.5. The smallest absolute Gasteiger partial charge is 0.0613 e. The second-order valence-electron chi connectivity index (χ2n) is 4.38. The first-order valence-corrected chi connectivity index (χ1v) is 6.02. The lowest BCUT2D eigenvalue weighted by molar-refractivity contribution is 0.168. The maximum atomic E-state index is 6.05. The first-order valence-electron chi connectivity index (χ1n) is 5.58. The van der Waals surface area contributed by atoms with Gasteiger partial charge in [-0.1, -0.05) is 0 Å². The van der Waals surface area contributed by atoms with Crippen LogP contribution in [0.3, 0.4) is 0 Å². The van der Waals surface area contributed by atoms with Gasteiger partial charge in [-0.05, 0) is 45.1 Å². The number of alkyl halides is 1. The van der Waals surface area contributed by atoms with Gasteiger partial charge in [0, 0.05) is 18.5 Å². The monoisotopic (exact) mass is 219 g/mol. The second kappa shape index (κ2) is 6.65. The highest BCUT2D eigenvalue weighted by Gasteiger charge is 2.19. The van der Waals surface area contributed by atoms with Crippen LogP contribution >= 0.6 is 11.6 Å². The molecule has 0 spiro atoms. The molecule has 3 heteroatoms. The number of hydrogen-bond donors (Lipinski definition) is 1. The molecule has 1 fully saturated rings. The van der Waals surface area contributed by atoms with Crippen LogP contribution in [0.1, 0.15) is 32.6 Å². The van der Waals surface area contributed by atoms with E-state index in [1.165, 1.54) is 25.7 Å². The van der Waals surface area contributed by atoms with Crippen LogP contribution < -0.4 is 5.32 Å². The Morgan fingerprint density at radius 1 is 1.36 bits per heavy atom. The Hall–Kier alpha value is 0.210. The molecule has 0 amide bonds. The minimum Gasteiger partial charge on any atom is -0.383 e. The van der Waals surface area contributed by atoms with Crippen molar-refractivity contribution < 1.29 is 4.74 Å². The van der Waals surface area contributed by atoms with Gasteiger partial charge in [-0.2, -0.15) is 0 Å². The van der Waals surface area contributed by atoms with E-state index in [-0.39, 0.29) is 0 Å². The first-order chi connectivity index (χ1) is 6.72. The standard InChI is InChI=1S/C11H22ClNO/c1-9(8-14-2)13-7-10-3-5-11(12)6-4-10/h9-11,13H,3-8H2,1-2H3. The van der Waals surface area contributed by atoms with Crippen molar-refractivity contribution in [3.8, 4) is 0 Å². The van der Waals surface area contributed by atoms with Gasteiger partial charge in [0.25, 0.3) is 0 Å². The van der Waals surface area contributed by atoms with Crippen molar-refractivity contribution in [1.82, 2.24) is 5.32 Å². The van der Waals surface area contributed by atoms with Crippen LogP contribution in [0.4, 0.5) is 0 Å². The predicted molar refractivity (Wildman–Crippen MR) is 60.9 cm³/mol. The predicted octanol–water partition coefficient (Wildman–Crippen LogP) is 2.41. The molecule has 0 aliphatic heterocycles. The highest BCUT2D eigenvalue weighted by molar-refractivity contribution is 6.20. The van der Waals surface area contributed by atoms with Crippen LogP contribution in [0.25, 0.3) is 0 Å². The average Bonchev–Trinajstić information content (AvgIpc) is 2.17. The largest absolute Gasteiger partial charge is 0.383 e. The molecular formula is C11H22ClNO. The van der Waals surface area contributed by atoms with Gasteiger partial charge in [0.1, 0.15) is 0 Å². The number of methoxy groups -OCH3 is 1. The van der Waals surface area contributed by atoms with Gasteiger partial charge in [-0.3, -0.25) is 0 Å². The summed E-state index contributed by atoms with van der Waals surface area (Å²) in [7, 11) is 1.75. The summed E-state index contributed by atoms with van der Waals surface area (Å²) < 4.78 is 5.08. The van der Waals surface area contributed by atoms with Crippen molar-refractivity contribution >= 4 is 11.6 Å².